The lowest BCUT2D eigenvalue weighted by Crippen LogP contribution is -2.49. The summed E-state index contributed by atoms with van der Waals surface area (Å²) in [7, 11) is 0. The number of rotatable bonds is 3. The largest absolute Gasteiger partial charge is 0.352 e. The van der Waals surface area contributed by atoms with Crippen LogP contribution in [0.15, 0.2) is 18.3 Å². The summed E-state index contributed by atoms with van der Waals surface area (Å²) in [6.45, 7) is 2.54. The quantitative estimate of drug-likeness (QED) is 0.871. The van der Waals surface area contributed by atoms with Crippen LogP contribution in [0.2, 0.25) is 0 Å². The Morgan fingerprint density at radius 1 is 1.26 bits per heavy atom. The number of nitrogens with zero attached hydrogens (tertiary/aromatic N) is 1. The molecule has 2 fully saturated rings. The minimum atomic E-state index is 0. The van der Waals surface area contributed by atoms with E-state index in [9.17, 15) is 4.79 Å². The lowest BCUT2D eigenvalue weighted by molar-refractivity contribution is -0.128. The smallest absolute Gasteiger partial charge is 0.223 e. The van der Waals surface area contributed by atoms with Crippen molar-refractivity contribution in [1.82, 2.24) is 10.3 Å². The number of pyridine rings is 1. The van der Waals surface area contributed by atoms with Crippen LogP contribution in [0.4, 0.5) is 0 Å². The molecule has 1 heterocycles. The fourth-order valence-corrected chi connectivity index (χ4v) is 3.94. The Labute approximate surface area is 150 Å². The van der Waals surface area contributed by atoms with Gasteiger partial charge in [-0.1, -0.05) is 12.5 Å². The van der Waals surface area contributed by atoms with Crippen molar-refractivity contribution in [2.24, 2.45) is 23.5 Å². The number of halogens is 2. The second kappa shape index (κ2) is 8.86. The highest BCUT2D eigenvalue weighted by Gasteiger charge is 2.40. The summed E-state index contributed by atoms with van der Waals surface area (Å²) >= 11 is 0. The third-order valence-corrected chi connectivity index (χ3v) is 5.22. The molecule has 1 aromatic rings. The van der Waals surface area contributed by atoms with Crippen molar-refractivity contribution in [2.45, 2.75) is 51.6 Å². The second-order valence-electron chi connectivity index (χ2n) is 6.72. The number of fused-ring (bicyclic) bond motifs is 2. The summed E-state index contributed by atoms with van der Waals surface area (Å²) in [5, 5.41) is 3.07. The molecular weight excluding hydrogens is 333 g/mol. The van der Waals surface area contributed by atoms with Crippen LogP contribution in [0.25, 0.3) is 0 Å². The van der Waals surface area contributed by atoms with Gasteiger partial charge in [0.15, 0.2) is 0 Å². The fourth-order valence-electron chi connectivity index (χ4n) is 3.94. The van der Waals surface area contributed by atoms with E-state index in [1.807, 2.05) is 25.3 Å². The monoisotopic (exact) mass is 359 g/mol. The first-order valence-electron chi connectivity index (χ1n) is 8.08. The highest BCUT2D eigenvalue weighted by molar-refractivity contribution is 5.85. The molecule has 130 valence electrons. The summed E-state index contributed by atoms with van der Waals surface area (Å²) < 4.78 is 0. The standard InChI is InChI=1S/C17H25N3O.2ClH/c1-11-5-6-12(9-19-11)10-20-17(21)15-7-13-3-2-4-14(8-15)16(13)18;;/h5-6,9,13-16H,2-4,7-8,10,18H2,1H3,(H,20,21);2*1H. The van der Waals surface area contributed by atoms with Gasteiger partial charge in [-0.2, -0.15) is 0 Å². The first kappa shape index (κ1) is 20.2. The number of nitrogens with one attached hydrogen (secondary N) is 1. The molecule has 4 nitrogen and oxygen atoms in total. The van der Waals surface area contributed by atoms with Crippen LogP contribution in [0, 0.1) is 24.7 Å². The van der Waals surface area contributed by atoms with E-state index in [2.05, 4.69) is 10.3 Å². The van der Waals surface area contributed by atoms with Crippen molar-refractivity contribution in [2.75, 3.05) is 0 Å². The molecule has 0 radical (unpaired) electrons. The van der Waals surface area contributed by atoms with Gasteiger partial charge in [0.1, 0.15) is 0 Å². The first-order chi connectivity index (χ1) is 10.1. The Morgan fingerprint density at radius 2 is 1.91 bits per heavy atom. The van der Waals surface area contributed by atoms with Gasteiger partial charge in [-0.05, 0) is 56.1 Å². The number of amides is 1. The summed E-state index contributed by atoms with van der Waals surface area (Å²) in [6.07, 6.45) is 7.45. The van der Waals surface area contributed by atoms with Gasteiger partial charge in [-0.25, -0.2) is 0 Å². The number of carbonyl (C=O) groups is 1. The Kier molecular flexibility index (Phi) is 7.78. The minimum absolute atomic E-state index is 0. The maximum atomic E-state index is 12.4. The zero-order chi connectivity index (χ0) is 14.8. The van der Waals surface area contributed by atoms with Crippen LogP contribution in [-0.4, -0.2) is 16.9 Å². The van der Waals surface area contributed by atoms with E-state index in [0.29, 0.717) is 24.4 Å². The summed E-state index contributed by atoms with van der Waals surface area (Å²) in [6, 6.07) is 4.32. The number of nitrogens with two attached hydrogens (primary N) is 1. The molecular formula is C17H27Cl2N3O. The van der Waals surface area contributed by atoms with Crippen molar-refractivity contribution in [3.63, 3.8) is 0 Å². The molecule has 2 saturated carbocycles. The van der Waals surface area contributed by atoms with E-state index in [0.717, 1.165) is 24.1 Å². The molecule has 2 aliphatic carbocycles. The van der Waals surface area contributed by atoms with Crippen LogP contribution in [0.3, 0.4) is 0 Å². The van der Waals surface area contributed by atoms with E-state index in [1.54, 1.807) is 0 Å². The van der Waals surface area contributed by atoms with Crippen molar-refractivity contribution in [1.29, 1.82) is 0 Å². The number of hydrogen-bond donors (Lipinski definition) is 2. The Hall–Kier alpha value is -0.840. The lowest BCUT2D eigenvalue weighted by atomic mass is 9.65. The summed E-state index contributed by atoms with van der Waals surface area (Å²) in [4.78, 5) is 16.7. The van der Waals surface area contributed by atoms with E-state index in [1.165, 1.54) is 19.3 Å². The van der Waals surface area contributed by atoms with Crippen molar-refractivity contribution >= 4 is 30.7 Å². The molecule has 1 amide bonds. The molecule has 23 heavy (non-hydrogen) atoms. The van der Waals surface area contributed by atoms with Gasteiger partial charge < -0.3 is 11.1 Å². The van der Waals surface area contributed by atoms with Crippen LogP contribution < -0.4 is 11.1 Å². The third-order valence-electron chi connectivity index (χ3n) is 5.22. The average molecular weight is 360 g/mol. The van der Waals surface area contributed by atoms with E-state index < -0.39 is 0 Å². The van der Waals surface area contributed by atoms with Crippen molar-refractivity contribution < 1.29 is 4.79 Å². The van der Waals surface area contributed by atoms with Gasteiger partial charge in [0.25, 0.3) is 0 Å². The molecule has 0 aromatic carbocycles. The van der Waals surface area contributed by atoms with E-state index in [4.69, 9.17) is 5.73 Å². The Balaban J connectivity index is 0.00000132. The molecule has 2 aliphatic rings. The van der Waals surface area contributed by atoms with Gasteiger partial charge in [0, 0.05) is 30.4 Å². The Bertz CT molecular complexity index is 495. The average Bonchev–Trinajstić information content (AvgIpc) is 2.46. The molecule has 2 atom stereocenters. The van der Waals surface area contributed by atoms with Crippen LogP contribution in [-0.2, 0) is 11.3 Å². The van der Waals surface area contributed by atoms with Crippen LogP contribution >= 0.6 is 24.8 Å². The molecule has 2 unspecified atom stereocenters. The highest BCUT2D eigenvalue weighted by atomic mass is 35.5. The number of aryl methyl sites for hydroxylation is 1. The molecule has 3 N–H and O–H groups in total. The third kappa shape index (κ3) is 4.82. The van der Waals surface area contributed by atoms with Gasteiger partial charge in [0.2, 0.25) is 5.91 Å². The number of hydrogen-bond acceptors (Lipinski definition) is 3. The first-order valence-corrected chi connectivity index (χ1v) is 8.08. The molecule has 0 saturated heterocycles. The van der Waals surface area contributed by atoms with E-state index in [-0.39, 0.29) is 36.6 Å². The van der Waals surface area contributed by atoms with Gasteiger partial charge in [0.05, 0.1) is 0 Å². The molecule has 6 heteroatoms. The van der Waals surface area contributed by atoms with Crippen LogP contribution in [0.1, 0.15) is 43.4 Å². The van der Waals surface area contributed by atoms with Gasteiger partial charge in [-0.15, -0.1) is 24.8 Å². The zero-order valence-electron chi connectivity index (χ0n) is 13.5. The lowest BCUT2D eigenvalue weighted by Gasteiger charge is -2.43. The number of aromatic nitrogens is 1. The molecule has 1 aromatic heterocycles. The second-order valence-corrected chi connectivity index (χ2v) is 6.72. The molecule has 0 aliphatic heterocycles. The van der Waals surface area contributed by atoms with Crippen molar-refractivity contribution in [3.05, 3.63) is 29.6 Å². The van der Waals surface area contributed by atoms with E-state index >= 15 is 0 Å². The maximum absolute atomic E-state index is 12.4. The minimum Gasteiger partial charge on any atom is -0.352 e. The topological polar surface area (TPSA) is 68.0 Å². The summed E-state index contributed by atoms with van der Waals surface area (Å²) in [5.41, 5.74) is 8.34. The van der Waals surface area contributed by atoms with Crippen molar-refractivity contribution in [3.8, 4) is 0 Å². The zero-order valence-corrected chi connectivity index (χ0v) is 15.2. The molecule has 3 rings (SSSR count). The predicted molar refractivity (Wildman–Crippen MR) is 96.8 cm³/mol. The Morgan fingerprint density at radius 3 is 2.48 bits per heavy atom. The highest BCUT2D eigenvalue weighted by Crippen LogP contribution is 2.41. The molecule has 0 spiro atoms. The maximum Gasteiger partial charge on any atom is 0.223 e. The fraction of sp³-hybridized carbons (Fsp3) is 0.647. The SMILES string of the molecule is Cc1ccc(CNC(=O)C2CC3CCCC(C2)C3N)cn1.Cl.Cl. The normalized spacial score (nSPS) is 29.0. The molecule has 2 bridgehead atoms. The van der Waals surface area contributed by atoms with Gasteiger partial charge in [-0.3, -0.25) is 9.78 Å². The van der Waals surface area contributed by atoms with Crippen LogP contribution in [0.5, 0.6) is 0 Å². The summed E-state index contributed by atoms with van der Waals surface area (Å²) in [5.74, 6) is 1.45. The number of carbonyl (C=O) groups excluding carboxylic acids is 1. The van der Waals surface area contributed by atoms with Gasteiger partial charge >= 0.3 is 0 Å². The predicted octanol–water partition coefficient (Wildman–Crippen LogP) is 3.00.